The highest BCUT2D eigenvalue weighted by atomic mass is 15.1. The van der Waals surface area contributed by atoms with Gasteiger partial charge in [0.1, 0.15) is 0 Å². The summed E-state index contributed by atoms with van der Waals surface area (Å²) in [7, 11) is 0. The molecule has 2 heterocycles. The second-order valence-corrected chi connectivity index (χ2v) is 5.86. The third-order valence-corrected chi connectivity index (χ3v) is 4.15. The molecular weight excluding hydrogens is 308 g/mol. The van der Waals surface area contributed by atoms with Crippen molar-refractivity contribution in [2.24, 2.45) is 0 Å². The lowest BCUT2D eigenvalue weighted by Crippen LogP contribution is -2.08. The van der Waals surface area contributed by atoms with E-state index in [2.05, 4.69) is 62.7 Å². The van der Waals surface area contributed by atoms with Gasteiger partial charge in [0.05, 0.1) is 5.69 Å². The number of pyridine rings is 1. The Bertz CT molecular complexity index is 983. The van der Waals surface area contributed by atoms with Gasteiger partial charge in [-0.3, -0.25) is 4.98 Å². The van der Waals surface area contributed by atoms with E-state index in [1.54, 1.807) is 6.20 Å². The minimum atomic E-state index is 0.653. The average Bonchev–Trinajstić information content (AvgIpc) is 2.69. The smallest absolute Gasteiger partial charge is 0.223 e. The molecule has 0 saturated carbocycles. The Morgan fingerprint density at radius 1 is 0.800 bits per heavy atom. The average molecular weight is 326 g/mol. The summed E-state index contributed by atoms with van der Waals surface area (Å²) in [5.74, 6) is 0.653. The van der Waals surface area contributed by atoms with E-state index in [0.717, 1.165) is 24.2 Å². The molecule has 0 atom stereocenters. The summed E-state index contributed by atoms with van der Waals surface area (Å²) in [6, 6.07) is 20.7. The van der Waals surface area contributed by atoms with E-state index in [-0.39, 0.29) is 0 Å². The lowest BCUT2D eigenvalue weighted by Gasteiger charge is -2.07. The van der Waals surface area contributed by atoms with Gasteiger partial charge in [-0.1, -0.05) is 36.4 Å². The molecule has 0 aliphatic rings. The van der Waals surface area contributed by atoms with Crippen LogP contribution in [0.25, 0.3) is 22.0 Å². The number of fused-ring (bicyclic) bond motifs is 1. The normalized spacial score (nSPS) is 10.7. The summed E-state index contributed by atoms with van der Waals surface area (Å²) >= 11 is 0. The predicted octanol–water partition coefficient (Wildman–Crippen LogP) is 4.35. The fourth-order valence-electron chi connectivity index (χ4n) is 2.82. The highest BCUT2D eigenvalue weighted by Gasteiger charge is 2.03. The molecule has 0 aliphatic carbocycles. The van der Waals surface area contributed by atoms with Crippen LogP contribution in [-0.4, -0.2) is 21.5 Å². The molecule has 4 aromatic rings. The summed E-state index contributed by atoms with van der Waals surface area (Å²) in [5, 5.41) is 5.74. The van der Waals surface area contributed by atoms with E-state index in [0.29, 0.717) is 5.95 Å². The van der Waals surface area contributed by atoms with Crippen LogP contribution in [0.15, 0.2) is 79.3 Å². The Morgan fingerprint density at radius 2 is 1.64 bits per heavy atom. The topological polar surface area (TPSA) is 50.7 Å². The van der Waals surface area contributed by atoms with E-state index >= 15 is 0 Å². The number of anilines is 1. The Hall–Kier alpha value is -3.27. The van der Waals surface area contributed by atoms with Crippen LogP contribution in [0.2, 0.25) is 0 Å². The zero-order valence-electron chi connectivity index (χ0n) is 13.8. The summed E-state index contributed by atoms with van der Waals surface area (Å²) in [4.78, 5) is 13.0. The Kier molecular flexibility index (Phi) is 4.33. The van der Waals surface area contributed by atoms with Crippen LogP contribution in [0.5, 0.6) is 0 Å². The molecule has 0 amide bonds. The van der Waals surface area contributed by atoms with E-state index in [1.807, 2.05) is 30.6 Å². The molecule has 0 unspecified atom stereocenters. The maximum atomic E-state index is 4.65. The molecule has 0 spiro atoms. The quantitative estimate of drug-likeness (QED) is 0.592. The first-order valence-corrected chi connectivity index (χ1v) is 8.33. The van der Waals surface area contributed by atoms with Crippen molar-refractivity contribution in [1.82, 2.24) is 15.0 Å². The number of aromatic nitrogens is 3. The second-order valence-electron chi connectivity index (χ2n) is 5.86. The Labute approximate surface area is 146 Å². The van der Waals surface area contributed by atoms with Crippen LogP contribution in [0, 0.1) is 0 Å². The predicted molar refractivity (Wildman–Crippen MR) is 101 cm³/mol. The molecule has 0 saturated heterocycles. The largest absolute Gasteiger partial charge is 0.354 e. The number of hydrogen-bond donors (Lipinski definition) is 1. The van der Waals surface area contributed by atoms with Gasteiger partial charge < -0.3 is 5.32 Å². The number of hydrogen-bond acceptors (Lipinski definition) is 4. The molecule has 25 heavy (non-hydrogen) atoms. The lowest BCUT2D eigenvalue weighted by molar-refractivity contribution is 0.980. The maximum absolute atomic E-state index is 4.65. The van der Waals surface area contributed by atoms with Crippen LogP contribution >= 0.6 is 0 Å². The third-order valence-electron chi connectivity index (χ3n) is 4.15. The number of nitrogens with one attached hydrogen (secondary N) is 1. The molecule has 1 N–H and O–H groups in total. The number of nitrogens with zero attached hydrogens (tertiary/aromatic N) is 3. The van der Waals surface area contributed by atoms with Gasteiger partial charge in [-0.15, -0.1) is 0 Å². The molecule has 0 bridgehead atoms. The Balaban J connectivity index is 1.50. The highest BCUT2D eigenvalue weighted by Crippen LogP contribution is 2.23. The Morgan fingerprint density at radius 3 is 2.52 bits per heavy atom. The maximum Gasteiger partial charge on any atom is 0.223 e. The van der Waals surface area contributed by atoms with Gasteiger partial charge in [0.25, 0.3) is 0 Å². The summed E-state index contributed by atoms with van der Waals surface area (Å²) in [6.45, 7) is 0.783. The van der Waals surface area contributed by atoms with Gasteiger partial charge in [0.2, 0.25) is 5.95 Å². The zero-order valence-corrected chi connectivity index (χ0v) is 13.8. The fraction of sp³-hybridized carbons (Fsp3) is 0.0952. The van der Waals surface area contributed by atoms with Crippen LogP contribution in [0.4, 0.5) is 5.95 Å². The van der Waals surface area contributed by atoms with Crippen molar-refractivity contribution in [2.75, 3.05) is 11.9 Å². The summed E-state index contributed by atoms with van der Waals surface area (Å²) in [5.41, 5.74) is 3.26. The first kappa shape index (κ1) is 15.3. The molecule has 2 aromatic carbocycles. The summed E-state index contributed by atoms with van der Waals surface area (Å²) < 4.78 is 0. The van der Waals surface area contributed by atoms with Crippen molar-refractivity contribution < 1.29 is 0 Å². The van der Waals surface area contributed by atoms with E-state index in [9.17, 15) is 0 Å². The van der Waals surface area contributed by atoms with Gasteiger partial charge in [-0.2, -0.15) is 0 Å². The molecule has 2 aromatic heterocycles. The third kappa shape index (κ3) is 3.63. The molecule has 4 nitrogen and oxygen atoms in total. The van der Waals surface area contributed by atoms with Gasteiger partial charge in [0.15, 0.2) is 0 Å². The molecular formula is C21H18N4. The molecule has 0 aliphatic heterocycles. The van der Waals surface area contributed by atoms with Crippen molar-refractivity contribution in [3.05, 3.63) is 84.8 Å². The van der Waals surface area contributed by atoms with Gasteiger partial charge in [-0.05, 0) is 47.0 Å². The van der Waals surface area contributed by atoms with Gasteiger partial charge >= 0.3 is 0 Å². The van der Waals surface area contributed by atoms with Crippen LogP contribution < -0.4 is 5.32 Å². The molecule has 122 valence electrons. The van der Waals surface area contributed by atoms with Gasteiger partial charge in [0, 0.05) is 30.7 Å². The number of rotatable bonds is 5. The lowest BCUT2D eigenvalue weighted by atomic mass is 10.1. The SMILES string of the molecule is c1ccc2cc(-c3ccnc(NCCc4ccncc4)n3)ccc2c1. The highest BCUT2D eigenvalue weighted by molar-refractivity contribution is 5.86. The van der Waals surface area contributed by atoms with Crippen LogP contribution in [-0.2, 0) is 6.42 Å². The van der Waals surface area contributed by atoms with Crippen LogP contribution in [0.3, 0.4) is 0 Å². The van der Waals surface area contributed by atoms with E-state index in [1.165, 1.54) is 16.3 Å². The first-order valence-electron chi connectivity index (χ1n) is 8.33. The second kappa shape index (κ2) is 7.09. The summed E-state index contributed by atoms with van der Waals surface area (Å²) in [6.07, 6.45) is 6.33. The van der Waals surface area contributed by atoms with Crippen molar-refractivity contribution in [3.8, 4) is 11.3 Å². The minimum absolute atomic E-state index is 0.653. The molecule has 0 fully saturated rings. The van der Waals surface area contributed by atoms with Crippen molar-refractivity contribution in [3.63, 3.8) is 0 Å². The monoisotopic (exact) mass is 326 g/mol. The molecule has 0 radical (unpaired) electrons. The van der Waals surface area contributed by atoms with E-state index in [4.69, 9.17) is 0 Å². The minimum Gasteiger partial charge on any atom is -0.354 e. The molecule has 4 heteroatoms. The number of benzene rings is 2. The van der Waals surface area contributed by atoms with E-state index < -0.39 is 0 Å². The fourth-order valence-corrected chi connectivity index (χ4v) is 2.82. The first-order chi connectivity index (χ1) is 12.4. The van der Waals surface area contributed by atoms with Gasteiger partial charge in [-0.25, -0.2) is 9.97 Å². The zero-order chi connectivity index (χ0) is 16.9. The van der Waals surface area contributed by atoms with Crippen LogP contribution in [0.1, 0.15) is 5.56 Å². The standard InChI is InChI=1S/C21H18N4/c1-2-4-18-15-19(6-5-17(18)3-1)20-10-14-24-21(25-20)23-13-9-16-7-11-22-12-8-16/h1-8,10-12,14-15H,9,13H2,(H,23,24,25). The van der Waals surface area contributed by atoms with Crippen molar-refractivity contribution in [2.45, 2.75) is 6.42 Å². The molecule has 4 rings (SSSR count). The van der Waals surface area contributed by atoms with Crippen molar-refractivity contribution >= 4 is 16.7 Å². The van der Waals surface area contributed by atoms with Crippen molar-refractivity contribution in [1.29, 1.82) is 0 Å².